The predicted molar refractivity (Wildman–Crippen MR) is 69.0 cm³/mol. The first-order chi connectivity index (χ1) is 7.67. The summed E-state index contributed by atoms with van der Waals surface area (Å²) in [6, 6.07) is 0. The first-order valence-corrected chi connectivity index (χ1v) is 7.64. The molecule has 4 N–H and O–H groups in total. The van der Waals surface area contributed by atoms with Crippen molar-refractivity contribution < 1.29 is 13.5 Å². The molecule has 0 spiro atoms. The number of hydrogen-bond acceptors (Lipinski definition) is 7. The molecule has 1 heterocycles. The Morgan fingerprint density at radius 1 is 1.53 bits per heavy atom. The highest BCUT2D eigenvalue weighted by Crippen LogP contribution is 2.32. The van der Waals surface area contributed by atoms with Crippen molar-refractivity contribution in [2.24, 2.45) is 5.41 Å². The van der Waals surface area contributed by atoms with Crippen LogP contribution in [0.3, 0.4) is 0 Å². The molecule has 0 bridgehead atoms. The van der Waals surface area contributed by atoms with E-state index in [1.54, 1.807) is 0 Å². The molecule has 1 aromatic rings. The highest BCUT2D eigenvalue weighted by Gasteiger charge is 2.23. The van der Waals surface area contributed by atoms with E-state index in [-0.39, 0.29) is 22.7 Å². The van der Waals surface area contributed by atoms with E-state index in [9.17, 15) is 8.42 Å². The van der Waals surface area contributed by atoms with Crippen LogP contribution in [0.1, 0.15) is 13.8 Å². The van der Waals surface area contributed by atoms with Crippen LogP contribution in [-0.4, -0.2) is 37.3 Å². The Labute approximate surface area is 105 Å². The van der Waals surface area contributed by atoms with Gasteiger partial charge >= 0.3 is 0 Å². The molecule has 0 saturated carbocycles. The van der Waals surface area contributed by atoms with Crippen LogP contribution >= 0.6 is 11.5 Å². The molecule has 0 amide bonds. The van der Waals surface area contributed by atoms with Gasteiger partial charge in [0.05, 0.1) is 0 Å². The number of nitrogen functional groups attached to an aromatic ring is 1. The van der Waals surface area contributed by atoms with Crippen LogP contribution in [0.5, 0.6) is 0 Å². The summed E-state index contributed by atoms with van der Waals surface area (Å²) in [7, 11) is -3.40. The summed E-state index contributed by atoms with van der Waals surface area (Å²) < 4.78 is 26.9. The number of nitrogens with two attached hydrogens (primary N) is 1. The third-order valence-electron chi connectivity index (χ3n) is 2.20. The number of rotatable bonds is 5. The maximum absolute atomic E-state index is 11.5. The maximum Gasteiger partial charge on any atom is 0.182 e. The summed E-state index contributed by atoms with van der Waals surface area (Å²) in [5.41, 5.74) is 5.19. The van der Waals surface area contributed by atoms with Gasteiger partial charge in [0, 0.05) is 24.8 Å². The fourth-order valence-corrected chi connectivity index (χ4v) is 3.20. The van der Waals surface area contributed by atoms with E-state index in [0.717, 1.165) is 17.8 Å². The number of anilines is 2. The zero-order chi connectivity index (χ0) is 13.3. The van der Waals surface area contributed by atoms with Crippen LogP contribution in [0.4, 0.5) is 10.8 Å². The lowest BCUT2D eigenvalue weighted by molar-refractivity contribution is 0.171. The number of hydrogen-bond donors (Lipinski definition) is 3. The Kier molecular flexibility index (Phi) is 4.00. The van der Waals surface area contributed by atoms with Gasteiger partial charge in [-0.05, 0) is 11.5 Å². The molecule has 0 aliphatic rings. The molecule has 0 saturated heterocycles. The SMILES string of the molecule is CC(C)(CO)CNc1snc(N)c1S(C)(=O)=O. The second-order valence-corrected chi connectivity index (χ2v) is 7.40. The third-order valence-corrected chi connectivity index (χ3v) is 4.30. The van der Waals surface area contributed by atoms with Gasteiger partial charge < -0.3 is 16.2 Å². The van der Waals surface area contributed by atoms with Crippen LogP contribution in [0.15, 0.2) is 4.90 Å². The summed E-state index contributed by atoms with van der Waals surface area (Å²) in [6.07, 6.45) is 1.09. The minimum atomic E-state index is -3.40. The van der Waals surface area contributed by atoms with Crippen molar-refractivity contribution in [2.75, 3.05) is 30.5 Å². The molecule has 6 nitrogen and oxygen atoms in total. The smallest absolute Gasteiger partial charge is 0.182 e. The molecule has 98 valence electrons. The van der Waals surface area contributed by atoms with Crippen molar-refractivity contribution in [3.63, 3.8) is 0 Å². The highest BCUT2D eigenvalue weighted by atomic mass is 32.2. The first-order valence-electron chi connectivity index (χ1n) is 4.97. The predicted octanol–water partition coefficient (Wildman–Crippen LogP) is 0.559. The Hall–Kier alpha value is -0.860. The van der Waals surface area contributed by atoms with Gasteiger partial charge in [0.15, 0.2) is 15.7 Å². The average Bonchev–Trinajstić information content (AvgIpc) is 2.56. The topological polar surface area (TPSA) is 105 Å². The summed E-state index contributed by atoms with van der Waals surface area (Å²) in [6.45, 7) is 4.17. The van der Waals surface area contributed by atoms with E-state index in [1.807, 2.05) is 13.8 Å². The number of nitrogens with one attached hydrogen (secondary N) is 1. The lowest BCUT2D eigenvalue weighted by atomic mass is 9.95. The minimum Gasteiger partial charge on any atom is -0.396 e. The van der Waals surface area contributed by atoms with E-state index in [2.05, 4.69) is 9.69 Å². The van der Waals surface area contributed by atoms with E-state index in [4.69, 9.17) is 10.8 Å². The van der Waals surface area contributed by atoms with Crippen LogP contribution in [0.2, 0.25) is 0 Å². The number of aromatic nitrogens is 1. The van der Waals surface area contributed by atoms with Gasteiger partial charge in [0.1, 0.15) is 9.90 Å². The number of aliphatic hydroxyl groups is 1. The van der Waals surface area contributed by atoms with Crippen LogP contribution < -0.4 is 11.1 Å². The van der Waals surface area contributed by atoms with E-state index < -0.39 is 9.84 Å². The second kappa shape index (κ2) is 4.79. The number of nitrogens with zero attached hydrogens (tertiary/aromatic N) is 1. The molecular formula is C9H17N3O3S2. The Bertz CT molecular complexity index is 494. The zero-order valence-electron chi connectivity index (χ0n) is 10.0. The van der Waals surface area contributed by atoms with Crippen LogP contribution in [0.25, 0.3) is 0 Å². The highest BCUT2D eigenvalue weighted by molar-refractivity contribution is 7.91. The molecular weight excluding hydrogens is 262 g/mol. The van der Waals surface area contributed by atoms with Crippen LogP contribution in [-0.2, 0) is 9.84 Å². The quantitative estimate of drug-likeness (QED) is 0.727. The minimum absolute atomic E-state index is 0.00247. The van der Waals surface area contributed by atoms with Crippen molar-refractivity contribution in [3.05, 3.63) is 0 Å². The Morgan fingerprint density at radius 3 is 2.59 bits per heavy atom. The van der Waals surface area contributed by atoms with Gasteiger partial charge in [0.2, 0.25) is 0 Å². The first kappa shape index (κ1) is 14.2. The maximum atomic E-state index is 11.5. The van der Waals surface area contributed by atoms with Gasteiger partial charge in [-0.1, -0.05) is 13.8 Å². The fourth-order valence-electron chi connectivity index (χ4n) is 1.14. The molecule has 1 aromatic heterocycles. The van der Waals surface area contributed by atoms with E-state index in [1.165, 1.54) is 0 Å². The van der Waals surface area contributed by atoms with Gasteiger partial charge in [-0.2, -0.15) is 4.37 Å². The third kappa shape index (κ3) is 3.55. The molecule has 17 heavy (non-hydrogen) atoms. The Morgan fingerprint density at radius 2 is 2.12 bits per heavy atom. The average molecular weight is 279 g/mol. The van der Waals surface area contributed by atoms with Crippen molar-refractivity contribution >= 4 is 32.2 Å². The van der Waals surface area contributed by atoms with Crippen molar-refractivity contribution in [1.29, 1.82) is 0 Å². The summed E-state index contributed by atoms with van der Waals surface area (Å²) in [5.74, 6) is 0.0156. The van der Waals surface area contributed by atoms with Crippen molar-refractivity contribution in [2.45, 2.75) is 18.7 Å². The monoisotopic (exact) mass is 279 g/mol. The number of aliphatic hydroxyl groups excluding tert-OH is 1. The molecule has 0 radical (unpaired) electrons. The van der Waals surface area contributed by atoms with Gasteiger partial charge in [-0.15, -0.1) is 0 Å². The molecule has 0 unspecified atom stereocenters. The lowest BCUT2D eigenvalue weighted by Crippen LogP contribution is -2.26. The largest absolute Gasteiger partial charge is 0.396 e. The number of sulfone groups is 1. The van der Waals surface area contributed by atoms with Gasteiger partial charge in [0.25, 0.3) is 0 Å². The molecule has 0 aromatic carbocycles. The molecule has 8 heteroatoms. The summed E-state index contributed by atoms with van der Waals surface area (Å²) >= 11 is 1.01. The van der Waals surface area contributed by atoms with E-state index in [0.29, 0.717) is 11.5 Å². The lowest BCUT2D eigenvalue weighted by Gasteiger charge is -2.22. The van der Waals surface area contributed by atoms with Crippen molar-refractivity contribution in [3.8, 4) is 0 Å². The molecule has 0 atom stereocenters. The molecule has 0 aliphatic heterocycles. The van der Waals surface area contributed by atoms with Gasteiger partial charge in [-0.25, -0.2) is 8.42 Å². The summed E-state index contributed by atoms with van der Waals surface area (Å²) in [5, 5.41) is 12.5. The molecule has 0 aliphatic carbocycles. The standard InChI is InChI=1S/C9H17N3O3S2/c1-9(2,5-13)4-11-8-6(17(3,14)15)7(10)12-16-8/h11,13H,4-5H2,1-3H3,(H2,10,12). The molecule has 0 fully saturated rings. The molecule has 1 rings (SSSR count). The van der Waals surface area contributed by atoms with Crippen LogP contribution in [0, 0.1) is 5.41 Å². The normalized spacial score (nSPS) is 12.7. The second-order valence-electron chi connectivity index (χ2n) is 4.67. The zero-order valence-corrected chi connectivity index (χ0v) is 11.7. The Balaban J connectivity index is 2.95. The summed E-state index contributed by atoms with van der Waals surface area (Å²) in [4.78, 5) is 0.0382. The van der Waals surface area contributed by atoms with E-state index >= 15 is 0 Å². The van der Waals surface area contributed by atoms with Gasteiger partial charge in [-0.3, -0.25) is 0 Å². The van der Waals surface area contributed by atoms with Crippen molar-refractivity contribution in [1.82, 2.24) is 4.37 Å². The fraction of sp³-hybridized carbons (Fsp3) is 0.667.